The van der Waals surface area contributed by atoms with E-state index < -0.39 is 0 Å². The zero-order chi connectivity index (χ0) is 32.1. The van der Waals surface area contributed by atoms with Crippen molar-refractivity contribution in [2.45, 2.75) is 126 Å². The van der Waals surface area contributed by atoms with Crippen molar-refractivity contribution in [2.75, 3.05) is 0 Å². The molecular weight excluding hydrogens is 544 g/mol. The second kappa shape index (κ2) is 10.1. The topological polar surface area (TPSA) is 66.8 Å². The van der Waals surface area contributed by atoms with Gasteiger partial charge in [-0.2, -0.15) is 0 Å². The van der Waals surface area contributed by atoms with Crippen LogP contribution in [0.5, 0.6) is 11.5 Å². The number of phenols is 2. The Morgan fingerprint density at radius 2 is 1.55 bits per heavy atom. The molecule has 0 saturated heterocycles. The van der Waals surface area contributed by atoms with Gasteiger partial charge in [0.15, 0.2) is 11.5 Å². The quantitative estimate of drug-likeness (QED) is 0.156. The van der Waals surface area contributed by atoms with Crippen LogP contribution >= 0.6 is 0 Å². The summed E-state index contributed by atoms with van der Waals surface area (Å²) in [6.45, 7) is 25.1. The predicted octanol–water partition coefficient (Wildman–Crippen LogP) is 10.1. The molecule has 0 bridgehead atoms. The van der Waals surface area contributed by atoms with Gasteiger partial charge in [0.2, 0.25) is 0 Å². The fraction of sp³-hybridized carbons (Fsp3) is 0.725. The van der Waals surface area contributed by atoms with Crippen molar-refractivity contribution in [3.05, 3.63) is 42.0 Å². The highest BCUT2D eigenvalue weighted by atomic mass is 16.5. The number of benzene rings is 1. The van der Waals surface area contributed by atoms with Gasteiger partial charge in [-0.3, -0.25) is 0 Å². The fourth-order valence-corrected chi connectivity index (χ4v) is 13.3. The van der Waals surface area contributed by atoms with Gasteiger partial charge in [-0.1, -0.05) is 73.6 Å². The van der Waals surface area contributed by atoms with E-state index in [9.17, 15) is 15.0 Å². The normalized spacial score (nSPS) is 46.4. The van der Waals surface area contributed by atoms with Gasteiger partial charge < -0.3 is 14.9 Å². The molecule has 10 atom stereocenters. The lowest BCUT2D eigenvalue weighted by atomic mass is 9.28. The summed E-state index contributed by atoms with van der Waals surface area (Å²) in [7, 11) is 0. The number of carbonyl (C=O) groups is 1. The van der Waals surface area contributed by atoms with Crippen LogP contribution < -0.4 is 0 Å². The second-order valence-electron chi connectivity index (χ2n) is 17.8. The second-order valence-corrected chi connectivity index (χ2v) is 17.8. The van der Waals surface area contributed by atoms with E-state index in [1.165, 1.54) is 75.1 Å². The third kappa shape index (κ3) is 4.24. The van der Waals surface area contributed by atoms with Gasteiger partial charge in [0.05, 0.1) is 0 Å². The minimum Gasteiger partial charge on any atom is -0.504 e. The van der Waals surface area contributed by atoms with E-state index in [-0.39, 0.29) is 34.4 Å². The average Bonchev–Trinajstić information content (AvgIpc) is 2.94. The Morgan fingerprint density at radius 3 is 2.25 bits per heavy atom. The molecule has 0 aliphatic heterocycles. The standard InChI is InChI=1S/C40H58O4/c1-25-14-18-36(5)22-23-40(9)38(7)20-15-30-35(3,4)32(44-33(43)13-11-27-10-12-28(41)29(42)24-27)17-19-37(30,6)31(38)16-21-39(40,8)34(36)26(25)2/h10-13,24,26,30-32,34,41-42H,1,14-23H2,2-9H3/b13-11+/t26-,30+,31-,32+,34+,36-,37+,38-,39-,40+/m1/s1. The van der Waals surface area contributed by atoms with Crippen LogP contribution in [0.3, 0.4) is 0 Å². The summed E-state index contributed by atoms with van der Waals surface area (Å²) < 4.78 is 6.21. The maximum Gasteiger partial charge on any atom is 0.331 e. The van der Waals surface area contributed by atoms with Crippen LogP contribution in [-0.2, 0) is 9.53 Å². The Balaban J connectivity index is 1.24. The first kappa shape index (κ1) is 31.7. The Bertz CT molecular complexity index is 1380. The molecule has 44 heavy (non-hydrogen) atoms. The summed E-state index contributed by atoms with van der Waals surface area (Å²) in [6.07, 6.45) is 15.3. The third-order valence-electron chi connectivity index (χ3n) is 15.9. The number of carbonyl (C=O) groups excluding carboxylic acids is 1. The smallest absolute Gasteiger partial charge is 0.331 e. The van der Waals surface area contributed by atoms with Gasteiger partial charge in [0.1, 0.15) is 6.10 Å². The molecule has 4 nitrogen and oxygen atoms in total. The molecule has 0 radical (unpaired) electrons. The highest BCUT2D eigenvalue weighted by Crippen LogP contribution is 2.80. The van der Waals surface area contributed by atoms with Gasteiger partial charge >= 0.3 is 5.97 Å². The fourth-order valence-electron chi connectivity index (χ4n) is 13.3. The lowest BCUT2D eigenvalue weighted by Gasteiger charge is -2.77. The van der Waals surface area contributed by atoms with E-state index in [0.29, 0.717) is 50.9 Å². The molecule has 6 rings (SSSR count). The van der Waals surface area contributed by atoms with Crippen LogP contribution in [0.15, 0.2) is 36.4 Å². The summed E-state index contributed by atoms with van der Waals surface area (Å²) in [5.41, 5.74) is 3.60. The molecule has 2 N–H and O–H groups in total. The lowest BCUT2D eigenvalue weighted by molar-refractivity contribution is -0.283. The molecule has 5 aliphatic rings. The molecule has 0 heterocycles. The maximum absolute atomic E-state index is 13.0. The number of rotatable bonds is 3. The summed E-state index contributed by atoms with van der Waals surface area (Å²) in [6, 6.07) is 4.54. The minimum atomic E-state index is -0.339. The van der Waals surface area contributed by atoms with Crippen LogP contribution in [0.1, 0.15) is 125 Å². The number of hydrogen-bond acceptors (Lipinski definition) is 4. The summed E-state index contributed by atoms with van der Waals surface area (Å²) >= 11 is 0. The van der Waals surface area contributed by atoms with Crippen molar-refractivity contribution in [1.82, 2.24) is 0 Å². The first-order valence-corrected chi connectivity index (χ1v) is 17.5. The Labute approximate surface area is 266 Å². The van der Waals surface area contributed by atoms with Crippen molar-refractivity contribution < 1.29 is 19.7 Å². The van der Waals surface area contributed by atoms with E-state index in [1.807, 2.05) is 0 Å². The van der Waals surface area contributed by atoms with Gasteiger partial charge in [0, 0.05) is 11.5 Å². The SMILES string of the molecule is C=C1CC[C@]2(C)CC[C@@]3(C)[C@]4(C)CC[C@H]5C(C)(C)[C@@H](OC(=O)/C=C/c6ccc(O)c(O)c6)CC[C@]5(C)[C@H]4CC[C@]3(C)[C@H]2[C@@H]1C. The zero-order valence-electron chi connectivity index (χ0n) is 28.8. The number of phenolic OH excluding ortho intramolecular Hbond substituents is 2. The van der Waals surface area contributed by atoms with Crippen molar-refractivity contribution in [3.8, 4) is 11.5 Å². The van der Waals surface area contributed by atoms with Crippen molar-refractivity contribution in [3.63, 3.8) is 0 Å². The molecular formula is C40H58O4. The average molecular weight is 603 g/mol. The van der Waals surface area contributed by atoms with E-state index in [0.717, 1.165) is 12.8 Å². The van der Waals surface area contributed by atoms with Crippen LogP contribution in [-0.4, -0.2) is 22.3 Å². The lowest BCUT2D eigenvalue weighted by Crippen LogP contribution is -2.70. The molecule has 5 saturated carbocycles. The number of allylic oxidation sites excluding steroid dienone is 1. The minimum absolute atomic E-state index is 0.114. The number of hydrogen-bond donors (Lipinski definition) is 2. The molecule has 0 spiro atoms. The molecule has 1 aromatic rings. The summed E-state index contributed by atoms with van der Waals surface area (Å²) in [5.74, 6) is 1.79. The van der Waals surface area contributed by atoms with Gasteiger partial charge in [-0.25, -0.2) is 4.79 Å². The third-order valence-corrected chi connectivity index (χ3v) is 15.9. The zero-order valence-corrected chi connectivity index (χ0v) is 28.8. The van der Waals surface area contributed by atoms with E-state index >= 15 is 0 Å². The molecule has 0 unspecified atom stereocenters. The highest BCUT2D eigenvalue weighted by molar-refractivity contribution is 5.87. The molecule has 4 heteroatoms. The number of esters is 1. The highest BCUT2D eigenvalue weighted by Gasteiger charge is 2.73. The molecule has 242 valence electrons. The molecule has 1 aromatic carbocycles. The Kier molecular flexibility index (Phi) is 7.31. The molecule has 5 aliphatic carbocycles. The number of fused-ring (bicyclic) bond motifs is 7. The van der Waals surface area contributed by atoms with Gasteiger partial charge in [0.25, 0.3) is 0 Å². The predicted molar refractivity (Wildman–Crippen MR) is 178 cm³/mol. The first-order chi connectivity index (χ1) is 20.4. The van der Waals surface area contributed by atoms with Crippen molar-refractivity contribution >= 4 is 12.0 Å². The number of ether oxygens (including phenoxy) is 1. The van der Waals surface area contributed by atoms with Crippen LogP contribution in [0.4, 0.5) is 0 Å². The Hall–Kier alpha value is -2.23. The number of aromatic hydroxyl groups is 2. The molecule has 0 aromatic heterocycles. The van der Waals surface area contributed by atoms with E-state index in [1.54, 1.807) is 12.1 Å². The van der Waals surface area contributed by atoms with Crippen LogP contribution in [0.25, 0.3) is 6.08 Å². The van der Waals surface area contributed by atoms with Crippen LogP contribution in [0.2, 0.25) is 0 Å². The summed E-state index contributed by atoms with van der Waals surface area (Å²) in [4.78, 5) is 13.0. The molecule has 0 amide bonds. The van der Waals surface area contributed by atoms with Crippen LogP contribution in [0, 0.1) is 56.2 Å². The van der Waals surface area contributed by atoms with Gasteiger partial charge in [-0.15, -0.1) is 0 Å². The largest absolute Gasteiger partial charge is 0.504 e. The van der Waals surface area contributed by atoms with Crippen molar-refractivity contribution in [1.29, 1.82) is 0 Å². The monoisotopic (exact) mass is 602 g/mol. The van der Waals surface area contributed by atoms with Gasteiger partial charge in [-0.05, 0) is 139 Å². The Morgan fingerprint density at radius 1 is 0.864 bits per heavy atom. The van der Waals surface area contributed by atoms with E-state index in [2.05, 4.69) is 62.0 Å². The van der Waals surface area contributed by atoms with E-state index in [4.69, 9.17) is 4.74 Å². The van der Waals surface area contributed by atoms with Crippen molar-refractivity contribution in [2.24, 2.45) is 56.2 Å². The molecule has 5 fully saturated rings. The maximum atomic E-state index is 13.0. The summed E-state index contributed by atoms with van der Waals surface area (Å²) in [5, 5.41) is 19.4. The first-order valence-electron chi connectivity index (χ1n) is 17.5.